The Morgan fingerprint density at radius 3 is 2.76 bits per heavy atom. The van der Waals surface area contributed by atoms with Gasteiger partial charge in [0.05, 0.1) is 0 Å². The Morgan fingerprint density at radius 1 is 1.38 bits per heavy atom. The van der Waals surface area contributed by atoms with E-state index in [0.717, 1.165) is 0 Å². The molecule has 0 aliphatic heterocycles. The van der Waals surface area contributed by atoms with Crippen molar-refractivity contribution in [2.24, 2.45) is 5.41 Å². The number of aromatic nitrogens is 3. The minimum absolute atomic E-state index is 0.106. The minimum atomic E-state index is -0.223. The maximum atomic E-state index is 12.1. The average Bonchev–Trinajstić information content (AvgIpc) is 2.96. The number of hydrogen-bond donors (Lipinski definition) is 2. The molecule has 0 saturated heterocycles. The number of nitrogens with one attached hydrogen (secondary N) is 1. The lowest BCUT2D eigenvalue weighted by Gasteiger charge is -2.23. The Labute approximate surface area is 127 Å². The second kappa shape index (κ2) is 6.73. The highest BCUT2D eigenvalue weighted by atomic mass is 32.1. The summed E-state index contributed by atoms with van der Waals surface area (Å²) < 4.78 is 0. The summed E-state index contributed by atoms with van der Waals surface area (Å²) in [7, 11) is 0. The number of amides is 1. The van der Waals surface area contributed by atoms with Crippen molar-refractivity contribution < 1.29 is 9.90 Å². The average molecular weight is 306 g/mol. The van der Waals surface area contributed by atoms with E-state index in [2.05, 4.69) is 20.3 Å². The van der Waals surface area contributed by atoms with Gasteiger partial charge in [0.1, 0.15) is 5.69 Å². The molecule has 2 aromatic rings. The predicted octanol–water partition coefficient (Wildman–Crippen LogP) is 1.74. The third kappa shape index (κ3) is 4.30. The molecule has 0 aliphatic carbocycles. The summed E-state index contributed by atoms with van der Waals surface area (Å²) in [4.78, 5) is 24.5. The third-order valence-electron chi connectivity index (χ3n) is 3.01. The third-order valence-corrected chi connectivity index (χ3v) is 3.85. The number of nitrogens with zero attached hydrogens (tertiary/aromatic N) is 3. The van der Waals surface area contributed by atoms with Crippen LogP contribution in [-0.4, -0.2) is 39.1 Å². The van der Waals surface area contributed by atoms with E-state index in [1.165, 1.54) is 11.3 Å². The summed E-state index contributed by atoms with van der Waals surface area (Å²) in [5.74, 6) is 0.293. The Morgan fingerprint density at radius 2 is 2.10 bits per heavy atom. The van der Waals surface area contributed by atoms with Crippen LogP contribution in [0.4, 0.5) is 0 Å². The van der Waals surface area contributed by atoms with Crippen molar-refractivity contribution in [2.45, 2.75) is 20.3 Å². The van der Waals surface area contributed by atoms with Gasteiger partial charge >= 0.3 is 0 Å². The summed E-state index contributed by atoms with van der Waals surface area (Å²) in [5.41, 5.74) is 0.216. The second-order valence-electron chi connectivity index (χ2n) is 5.43. The molecule has 2 rings (SSSR count). The Kier molecular flexibility index (Phi) is 4.98. The monoisotopic (exact) mass is 306 g/mol. The summed E-state index contributed by atoms with van der Waals surface area (Å²) in [6.07, 6.45) is 3.91. The lowest BCUT2D eigenvalue weighted by Crippen LogP contribution is -2.34. The molecule has 0 aromatic carbocycles. The Bertz CT molecular complexity index is 598. The molecule has 112 valence electrons. The molecule has 6 nitrogen and oxygen atoms in total. The first kappa shape index (κ1) is 15.5. The van der Waals surface area contributed by atoms with Gasteiger partial charge in [0.15, 0.2) is 10.8 Å². The molecular formula is C14H18N4O2S. The number of carbonyl (C=O) groups excluding carboxylic acids is 1. The van der Waals surface area contributed by atoms with Crippen molar-refractivity contribution >= 4 is 17.2 Å². The van der Waals surface area contributed by atoms with Gasteiger partial charge in [-0.1, -0.05) is 13.8 Å². The van der Waals surface area contributed by atoms with E-state index < -0.39 is 0 Å². The van der Waals surface area contributed by atoms with Gasteiger partial charge in [-0.3, -0.25) is 4.79 Å². The molecule has 7 heteroatoms. The predicted molar refractivity (Wildman–Crippen MR) is 81.0 cm³/mol. The van der Waals surface area contributed by atoms with Gasteiger partial charge in [-0.15, -0.1) is 11.3 Å². The highest BCUT2D eigenvalue weighted by Crippen LogP contribution is 2.21. The van der Waals surface area contributed by atoms with E-state index in [0.29, 0.717) is 29.5 Å². The molecule has 2 aromatic heterocycles. The fraction of sp³-hybridized carbons (Fsp3) is 0.429. The number of carbonyl (C=O) groups is 1. The van der Waals surface area contributed by atoms with Crippen LogP contribution in [0.5, 0.6) is 0 Å². The maximum Gasteiger partial charge on any atom is 0.270 e. The van der Waals surface area contributed by atoms with Crippen LogP contribution in [0.15, 0.2) is 23.8 Å². The second-order valence-corrected chi connectivity index (χ2v) is 6.29. The highest BCUT2D eigenvalue weighted by molar-refractivity contribution is 7.13. The molecule has 2 N–H and O–H groups in total. The topological polar surface area (TPSA) is 88.0 Å². The van der Waals surface area contributed by atoms with Gasteiger partial charge < -0.3 is 10.4 Å². The zero-order valence-corrected chi connectivity index (χ0v) is 12.9. The molecule has 0 atom stereocenters. The number of rotatable bonds is 6. The smallest absolute Gasteiger partial charge is 0.270 e. The van der Waals surface area contributed by atoms with Crippen LogP contribution in [0.25, 0.3) is 10.8 Å². The standard InChI is InChI=1S/C14H18N4O2S/c1-14(2,4-7-19)9-17-12(20)10-8-21-13(18-10)11-15-5-3-6-16-11/h3,5-6,8,19H,4,7,9H2,1-2H3,(H,17,20). The fourth-order valence-electron chi connectivity index (χ4n) is 1.69. The first-order chi connectivity index (χ1) is 10.0. The van der Waals surface area contributed by atoms with Crippen LogP contribution in [0.2, 0.25) is 0 Å². The SMILES string of the molecule is CC(C)(CCO)CNC(=O)c1csc(-c2ncccn2)n1. The molecule has 0 fully saturated rings. The Balaban J connectivity index is 2.00. The van der Waals surface area contributed by atoms with E-state index in [4.69, 9.17) is 5.11 Å². The van der Waals surface area contributed by atoms with Crippen LogP contribution in [0.1, 0.15) is 30.8 Å². The van der Waals surface area contributed by atoms with Crippen molar-refractivity contribution in [3.05, 3.63) is 29.5 Å². The van der Waals surface area contributed by atoms with Crippen LogP contribution >= 0.6 is 11.3 Å². The lowest BCUT2D eigenvalue weighted by atomic mass is 9.90. The summed E-state index contributed by atoms with van der Waals surface area (Å²) in [6, 6.07) is 1.73. The van der Waals surface area contributed by atoms with Gasteiger partial charge in [-0.05, 0) is 17.9 Å². The van der Waals surface area contributed by atoms with Crippen LogP contribution in [0, 0.1) is 5.41 Å². The molecule has 0 bridgehead atoms. The van der Waals surface area contributed by atoms with E-state index in [1.807, 2.05) is 13.8 Å². The number of aliphatic hydroxyl groups excluding tert-OH is 1. The molecule has 21 heavy (non-hydrogen) atoms. The van der Waals surface area contributed by atoms with Gasteiger partial charge in [-0.25, -0.2) is 15.0 Å². The maximum absolute atomic E-state index is 12.1. The molecule has 1 amide bonds. The van der Waals surface area contributed by atoms with Crippen molar-refractivity contribution in [2.75, 3.05) is 13.2 Å². The molecular weight excluding hydrogens is 288 g/mol. The van der Waals surface area contributed by atoms with Crippen molar-refractivity contribution in [3.63, 3.8) is 0 Å². The molecule has 0 spiro atoms. The minimum Gasteiger partial charge on any atom is -0.396 e. The Hall–Kier alpha value is -1.86. The fourth-order valence-corrected chi connectivity index (χ4v) is 2.44. The number of thiazole rings is 1. The summed E-state index contributed by atoms with van der Waals surface area (Å²) in [5, 5.41) is 14.1. The zero-order chi connectivity index (χ0) is 15.3. The largest absolute Gasteiger partial charge is 0.396 e. The zero-order valence-electron chi connectivity index (χ0n) is 12.0. The van der Waals surface area contributed by atoms with Crippen LogP contribution in [0.3, 0.4) is 0 Å². The number of aliphatic hydroxyl groups is 1. The van der Waals surface area contributed by atoms with E-state index >= 15 is 0 Å². The first-order valence-electron chi connectivity index (χ1n) is 6.64. The first-order valence-corrected chi connectivity index (χ1v) is 7.52. The summed E-state index contributed by atoms with van der Waals surface area (Å²) in [6.45, 7) is 4.58. The van der Waals surface area contributed by atoms with Gasteiger partial charge in [0.2, 0.25) is 0 Å². The van der Waals surface area contributed by atoms with E-state index in [9.17, 15) is 4.79 Å². The lowest BCUT2D eigenvalue weighted by molar-refractivity contribution is 0.0924. The molecule has 0 unspecified atom stereocenters. The molecule has 2 heterocycles. The van der Waals surface area contributed by atoms with Gasteiger partial charge in [-0.2, -0.15) is 0 Å². The van der Waals surface area contributed by atoms with E-state index in [-0.39, 0.29) is 17.9 Å². The summed E-state index contributed by atoms with van der Waals surface area (Å²) >= 11 is 1.34. The van der Waals surface area contributed by atoms with Crippen molar-refractivity contribution in [3.8, 4) is 10.8 Å². The molecule has 0 radical (unpaired) electrons. The molecule has 0 aliphatic rings. The quantitative estimate of drug-likeness (QED) is 0.848. The number of hydrogen-bond acceptors (Lipinski definition) is 6. The van der Waals surface area contributed by atoms with E-state index in [1.54, 1.807) is 23.8 Å². The van der Waals surface area contributed by atoms with Crippen molar-refractivity contribution in [1.29, 1.82) is 0 Å². The van der Waals surface area contributed by atoms with Crippen molar-refractivity contribution in [1.82, 2.24) is 20.3 Å². The highest BCUT2D eigenvalue weighted by Gasteiger charge is 2.20. The van der Waals surface area contributed by atoms with Crippen LogP contribution in [-0.2, 0) is 0 Å². The van der Waals surface area contributed by atoms with Gasteiger partial charge in [0.25, 0.3) is 5.91 Å². The normalized spacial score (nSPS) is 11.4. The van der Waals surface area contributed by atoms with Crippen LogP contribution < -0.4 is 5.32 Å². The molecule has 0 saturated carbocycles. The van der Waals surface area contributed by atoms with Gasteiger partial charge in [0, 0.05) is 30.9 Å².